The minimum atomic E-state index is 0.250. The number of anilines is 1. The van der Waals surface area contributed by atoms with Gasteiger partial charge in [-0.25, -0.2) is 0 Å². The zero-order valence-electron chi connectivity index (χ0n) is 9.53. The maximum Gasteiger partial charge on any atom is 0.0608 e. The molecule has 0 bridgehead atoms. The van der Waals surface area contributed by atoms with E-state index in [0.29, 0.717) is 0 Å². The summed E-state index contributed by atoms with van der Waals surface area (Å²) >= 11 is 0. The Kier molecular flexibility index (Phi) is 4.61. The van der Waals surface area contributed by atoms with Crippen molar-refractivity contribution in [2.45, 2.75) is 13.3 Å². The molecule has 0 aliphatic heterocycles. The quantitative estimate of drug-likeness (QED) is 0.678. The number of hydrogen-bond donors (Lipinski definition) is 3. The van der Waals surface area contributed by atoms with Crippen LogP contribution in [0.5, 0.6) is 0 Å². The number of nitrogens with two attached hydrogens (primary N) is 1. The van der Waals surface area contributed by atoms with Gasteiger partial charge in [0.1, 0.15) is 0 Å². The van der Waals surface area contributed by atoms with Crippen molar-refractivity contribution >= 4 is 16.6 Å². The highest BCUT2D eigenvalue weighted by atomic mass is 16.2. The maximum atomic E-state index is 7.57. The van der Waals surface area contributed by atoms with Crippen molar-refractivity contribution in [1.82, 2.24) is 4.98 Å². The van der Waals surface area contributed by atoms with E-state index >= 15 is 0 Å². The summed E-state index contributed by atoms with van der Waals surface area (Å²) < 4.78 is 0. The van der Waals surface area contributed by atoms with Crippen LogP contribution in [0.2, 0.25) is 0 Å². The van der Waals surface area contributed by atoms with Crippen LogP contribution in [0, 0.1) is 0 Å². The molecule has 0 spiro atoms. The van der Waals surface area contributed by atoms with E-state index in [1.54, 1.807) is 6.92 Å². The van der Waals surface area contributed by atoms with Crippen molar-refractivity contribution in [1.29, 1.82) is 0 Å². The van der Waals surface area contributed by atoms with E-state index in [0.717, 1.165) is 28.7 Å². The lowest BCUT2D eigenvalue weighted by atomic mass is 10.2. The van der Waals surface area contributed by atoms with Crippen LogP contribution in [0.4, 0.5) is 5.69 Å². The largest absolute Gasteiger partial charge is 0.397 e. The number of aliphatic hydroxyl groups is 1. The fraction of sp³-hybridized carbons (Fsp3) is 0.231. The second-order valence-corrected chi connectivity index (χ2v) is 3.37. The topological polar surface area (TPSA) is 62.0 Å². The summed E-state index contributed by atoms with van der Waals surface area (Å²) in [6.07, 6.45) is 2.64. The Balaban J connectivity index is 0.000000386. The molecule has 0 amide bonds. The summed E-state index contributed by atoms with van der Waals surface area (Å²) in [6, 6.07) is 8.03. The third kappa shape index (κ3) is 2.64. The molecule has 0 saturated carbocycles. The Morgan fingerprint density at radius 2 is 2.06 bits per heavy atom. The predicted octanol–water partition coefficient (Wildman–Crippen LogP) is 2.48. The summed E-state index contributed by atoms with van der Waals surface area (Å²) in [6.45, 7) is 5.62. The van der Waals surface area contributed by atoms with Gasteiger partial charge in [-0.1, -0.05) is 24.3 Å². The standard InChI is InChI=1S/C11H12N2.C2H6O/c1-2-5-10-11(12)8-6-3-4-7-9(8)13-10;1-2-3/h2-4,6-7,13H,1,5,12H2;3H,2H2,1H3. The van der Waals surface area contributed by atoms with E-state index in [-0.39, 0.29) is 6.61 Å². The lowest BCUT2D eigenvalue weighted by Crippen LogP contribution is -1.89. The van der Waals surface area contributed by atoms with Crippen LogP contribution in [-0.4, -0.2) is 16.7 Å². The van der Waals surface area contributed by atoms with Gasteiger partial charge in [0.15, 0.2) is 0 Å². The van der Waals surface area contributed by atoms with Gasteiger partial charge in [0.25, 0.3) is 0 Å². The molecule has 0 radical (unpaired) electrons. The highest BCUT2D eigenvalue weighted by molar-refractivity contribution is 5.93. The van der Waals surface area contributed by atoms with E-state index in [4.69, 9.17) is 10.8 Å². The van der Waals surface area contributed by atoms with Gasteiger partial charge in [-0.3, -0.25) is 0 Å². The molecule has 3 heteroatoms. The van der Waals surface area contributed by atoms with Gasteiger partial charge >= 0.3 is 0 Å². The Hall–Kier alpha value is -1.74. The smallest absolute Gasteiger partial charge is 0.0608 e. The number of aliphatic hydroxyl groups excluding tert-OH is 1. The molecule has 86 valence electrons. The molecule has 2 rings (SSSR count). The molecule has 2 aromatic rings. The lowest BCUT2D eigenvalue weighted by Gasteiger charge is -1.92. The molecule has 0 fully saturated rings. The molecule has 0 aliphatic rings. The van der Waals surface area contributed by atoms with Crippen molar-refractivity contribution in [3.63, 3.8) is 0 Å². The van der Waals surface area contributed by atoms with Crippen LogP contribution in [0.3, 0.4) is 0 Å². The van der Waals surface area contributed by atoms with Crippen LogP contribution in [-0.2, 0) is 6.42 Å². The van der Waals surface area contributed by atoms with Crippen LogP contribution in [0.25, 0.3) is 10.9 Å². The first-order chi connectivity index (χ1) is 7.74. The normalized spacial score (nSPS) is 9.62. The van der Waals surface area contributed by atoms with E-state index in [1.165, 1.54) is 0 Å². The first kappa shape index (κ1) is 12.3. The highest BCUT2D eigenvalue weighted by Gasteiger charge is 2.04. The minimum Gasteiger partial charge on any atom is -0.397 e. The molecule has 1 heterocycles. The molecule has 3 nitrogen and oxygen atoms in total. The van der Waals surface area contributed by atoms with Gasteiger partial charge in [-0.15, -0.1) is 6.58 Å². The molecule has 1 aromatic carbocycles. The fourth-order valence-corrected chi connectivity index (χ4v) is 1.52. The predicted molar refractivity (Wildman–Crippen MR) is 69.4 cm³/mol. The molecule has 0 unspecified atom stereocenters. The first-order valence-corrected chi connectivity index (χ1v) is 5.31. The van der Waals surface area contributed by atoms with Crippen LogP contribution in [0.1, 0.15) is 12.6 Å². The number of H-pyrrole nitrogens is 1. The molecular weight excluding hydrogens is 200 g/mol. The Labute approximate surface area is 95.6 Å². The maximum absolute atomic E-state index is 7.57. The van der Waals surface area contributed by atoms with Crippen molar-refractivity contribution < 1.29 is 5.11 Å². The molecule has 0 atom stereocenters. The minimum absolute atomic E-state index is 0.250. The first-order valence-electron chi connectivity index (χ1n) is 5.31. The Bertz CT molecular complexity index is 460. The average molecular weight is 218 g/mol. The molecule has 0 saturated heterocycles. The number of aromatic nitrogens is 1. The number of para-hydroxylation sites is 1. The number of hydrogen-bond acceptors (Lipinski definition) is 2. The third-order valence-electron chi connectivity index (χ3n) is 2.18. The van der Waals surface area contributed by atoms with Crippen molar-refractivity contribution in [2.24, 2.45) is 0 Å². The molecule has 1 aromatic heterocycles. The Morgan fingerprint density at radius 1 is 1.44 bits per heavy atom. The third-order valence-corrected chi connectivity index (χ3v) is 2.18. The van der Waals surface area contributed by atoms with E-state index < -0.39 is 0 Å². The van der Waals surface area contributed by atoms with Gasteiger partial charge in [0, 0.05) is 29.6 Å². The summed E-state index contributed by atoms with van der Waals surface area (Å²) in [4.78, 5) is 3.27. The summed E-state index contributed by atoms with van der Waals surface area (Å²) in [5.74, 6) is 0. The zero-order chi connectivity index (χ0) is 12.0. The number of fused-ring (bicyclic) bond motifs is 1. The van der Waals surface area contributed by atoms with Crippen molar-refractivity contribution in [3.8, 4) is 0 Å². The second kappa shape index (κ2) is 5.98. The zero-order valence-corrected chi connectivity index (χ0v) is 9.53. The van der Waals surface area contributed by atoms with Crippen LogP contribution >= 0.6 is 0 Å². The summed E-state index contributed by atoms with van der Waals surface area (Å²) in [5.41, 5.74) is 8.94. The second-order valence-electron chi connectivity index (χ2n) is 3.37. The number of allylic oxidation sites excluding steroid dienone is 1. The average Bonchev–Trinajstić information content (AvgIpc) is 2.59. The summed E-state index contributed by atoms with van der Waals surface area (Å²) in [7, 11) is 0. The molecular formula is C13H18N2O. The van der Waals surface area contributed by atoms with Crippen molar-refractivity contribution in [3.05, 3.63) is 42.6 Å². The lowest BCUT2D eigenvalue weighted by molar-refractivity contribution is 0.318. The van der Waals surface area contributed by atoms with Crippen LogP contribution in [0.15, 0.2) is 36.9 Å². The number of nitrogen functional groups attached to an aromatic ring is 1. The van der Waals surface area contributed by atoms with E-state index in [2.05, 4.69) is 11.6 Å². The van der Waals surface area contributed by atoms with Crippen LogP contribution < -0.4 is 5.73 Å². The van der Waals surface area contributed by atoms with Gasteiger partial charge in [-0.2, -0.15) is 0 Å². The van der Waals surface area contributed by atoms with E-state index in [9.17, 15) is 0 Å². The molecule has 16 heavy (non-hydrogen) atoms. The number of aromatic amines is 1. The highest BCUT2D eigenvalue weighted by Crippen LogP contribution is 2.24. The van der Waals surface area contributed by atoms with Gasteiger partial charge in [0.05, 0.1) is 5.69 Å². The monoisotopic (exact) mass is 218 g/mol. The number of benzene rings is 1. The van der Waals surface area contributed by atoms with Crippen molar-refractivity contribution in [2.75, 3.05) is 12.3 Å². The Morgan fingerprint density at radius 3 is 2.62 bits per heavy atom. The number of rotatable bonds is 2. The van der Waals surface area contributed by atoms with E-state index in [1.807, 2.05) is 30.3 Å². The van der Waals surface area contributed by atoms with Gasteiger partial charge < -0.3 is 15.8 Å². The van der Waals surface area contributed by atoms with Gasteiger partial charge in [0.2, 0.25) is 0 Å². The number of nitrogens with one attached hydrogen (secondary N) is 1. The molecule has 4 N–H and O–H groups in total. The SMILES string of the molecule is C=CCc1[nH]c2ccccc2c1N.CCO. The fourth-order valence-electron chi connectivity index (χ4n) is 1.52. The van der Waals surface area contributed by atoms with Gasteiger partial charge in [-0.05, 0) is 13.0 Å². The molecule has 0 aliphatic carbocycles. The summed E-state index contributed by atoms with van der Waals surface area (Å²) in [5, 5.41) is 8.67.